The molecule has 1 aliphatic rings. The molecule has 144 valence electrons. The normalized spacial score (nSPS) is 17.0. The van der Waals surface area contributed by atoms with Gasteiger partial charge >= 0.3 is 0 Å². The minimum atomic E-state index is -0.257. The lowest BCUT2D eigenvalue weighted by atomic mass is 10.1. The summed E-state index contributed by atoms with van der Waals surface area (Å²) in [5.74, 6) is 0.690. The third-order valence-corrected chi connectivity index (χ3v) is 4.91. The summed E-state index contributed by atoms with van der Waals surface area (Å²) in [5, 5.41) is 2.97. The van der Waals surface area contributed by atoms with Crippen LogP contribution in [0.4, 0.5) is 0 Å². The van der Waals surface area contributed by atoms with Gasteiger partial charge in [-0.3, -0.25) is 9.59 Å². The van der Waals surface area contributed by atoms with E-state index in [0.29, 0.717) is 26.1 Å². The Morgan fingerprint density at radius 3 is 2.67 bits per heavy atom. The Morgan fingerprint density at radius 2 is 2.04 bits per heavy atom. The van der Waals surface area contributed by atoms with E-state index >= 15 is 0 Å². The molecule has 0 unspecified atom stereocenters. The SMILES string of the molecule is Cc1nccn1-c1ccc(CNC(=O)[C@@H]2CC(=O)N(CCN(C)C)C2)cc1. The van der Waals surface area contributed by atoms with Crippen LogP contribution < -0.4 is 5.32 Å². The van der Waals surface area contributed by atoms with Crippen molar-refractivity contribution in [2.45, 2.75) is 19.9 Å². The molecule has 0 saturated carbocycles. The lowest BCUT2D eigenvalue weighted by Crippen LogP contribution is -2.35. The topological polar surface area (TPSA) is 70.5 Å². The highest BCUT2D eigenvalue weighted by molar-refractivity contribution is 5.89. The van der Waals surface area contributed by atoms with Gasteiger partial charge in [0.2, 0.25) is 11.8 Å². The summed E-state index contributed by atoms with van der Waals surface area (Å²) in [4.78, 5) is 32.6. The molecule has 1 aromatic carbocycles. The quantitative estimate of drug-likeness (QED) is 0.796. The molecule has 1 N–H and O–H groups in total. The van der Waals surface area contributed by atoms with Crippen molar-refractivity contribution >= 4 is 11.8 Å². The zero-order valence-electron chi connectivity index (χ0n) is 16.2. The number of rotatable bonds is 7. The van der Waals surface area contributed by atoms with E-state index in [1.54, 1.807) is 11.1 Å². The molecular weight excluding hydrogens is 342 g/mol. The highest BCUT2D eigenvalue weighted by Crippen LogP contribution is 2.18. The summed E-state index contributed by atoms with van der Waals surface area (Å²) in [6.07, 6.45) is 4.00. The Bertz CT molecular complexity index is 797. The predicted octanol–water partition coefficient (Wildman–Crippen LogP) is 1.21. The van der Waals surface area contributed by atoms with Crippen molar-refractivity contribution in [3.05, 3.63) is 48.0 Å². The smallest absolute Gasteiger partial charge is 0.225 e. The van der Waals surface area contributed by atoms with Gasteiger partial charge in [-0.2, -0.15) is 0 Å². The highest BCUT2D eigenvalue weighted by Gasteiger charge is 2.33. The van der Waals surface area contributed by atoms with Gasteiger partial charge in [0, 0.05) is 50.7 Å². The molecule has 1 fully saturated rings. The number of benzene rings is 1. The molecule has 2 heterocycles. The van der Waals surface area contributed by atoms with Crippen LogP contribution in [0, 0.1) is 12.8 Å². The number of imidazole rings is 1. The number of carbonyl (C=O) groups is 2. The van der Waals surface area contributed by atoms with Gasteiger partial charge in [0.05, 0.1) is 5.92 Å². The van der Waals surface area contributed by atoms with Crippen molar-refractivity contribution in [2.75, 3.05) is 33.7 Å². The molecule has 3 rings (SSSR count). The highest BCUT2D eigenvalue weighted by atomic mass is 16.2. The summed E-state index contributed by atoms with van der Waals surface area (Å²) in [7, 11) is 3.95. The first kappa shape index (κ1) is 19.1. The monoisotopic (exact) mass is 369 g/mol. The first-order valence-corrected chi connectivity index (χ1v) is 9.23. The summed E-state index contributed by atoms with van der Waals surface area (Å²) in [6.45, 7) is 4.41. The predicted molar refractivity (Wildman–Crippen MR) is 103 cm³/mol. The van der Waals surface area contributed by atoms with Crippen LogP contribution in [-0.4, -0.2) is 64.9 Å². The van der Waals surface area contributed by atoms with E-state index in [2.05, 4.69) is 10.3 Å². The van der Waals surface area contributed by atoms with Crippen LogP contribution >= 0.6 is 0 Å². The van der Waals surface area contributed by atoms with Crippen LogP contribution in [0.25, 0.3) is 5.69 Å². The summed E-state index contributed by atoms with van der Waals surface area (Å²) >= 11 is 0. The first-order valence-electron chi connectivity index (χ1n) is 9.23. The molecule has 0 spiro atoms. The summed E-state index contributed by atoms with van der Waals surface area (Å²) in [6, 6.07) is 8.02. The number of hydrogen-bond acceptors (Lipinski definition) is 4. The largest absolute Gasteiger partial charge is 0.352 e. The number of hydrogen-bond donors (Lipinski definition) is 1. The number of amides is 2. The van der Waals surface area contributed by atoms with Crippen LogP contribution in [0.15, 0.2) is 36.7 Å². The second kappa shape index (κ2) is 8.35. The maximum absolute atomic E-state index is 12.4. The van der Waals surface area contributed by atoms with Gasteiger partial charge in [0.25, 0.3) is 0 Å². The van der Waals surface area contributed by atoms with Gasteiger partial charge < -0.3 is 19.7 Å². The van der Waals surface area contributed by atoms with Crippen molar-refractivity contribution in [1.82, 2.24) is 24.7 Å². The zero-order valence-corrected chi connectivity index (χ0v) is 16.2. The van der Waals surface area contributed by atoms with E-state index in [-0.39, 0.29) is 17.7 Å². The Kier molecular flexibility index (Phi) is 5.91. The van der Waals surface area contributed by atoms with E-state index in [9.17, 15) is 9.59 Å². The van der Waals surface area contributed by atoms with E-state index in [1.807, 2.05) is 60.9 Å². The lowest BCUT2D eigenvalue weighted by Gasteiger charge is -2.19. The van der Waals surface area contributed by atoms with Crippen LogP contribution in [-0.2, 0) is 16.1 Å². The van der Waals surface area contributed by atoms with Crippen LogP contribution in [0.2, 0.25) is 0 Å². The summed E-state index contributed by atoms with van der Waals surface area (Å²) < 4.78 is 2.01. The third kappa shape index (κ3) is 4.74. The molecule has 0 aliphatic carbocycles. The van der Waals surface area contributed by atoms with Gasteiger partial charge in [-0.05, 0) is 38.7 Å². The van der Waals surface area contributed by atoms with E-state index in [1.165, 1.54) is 0 Å². The van der Waals surface area contributed by atoms with Gasteiger partial charge in [0.15, 0.2) is 0 Å². The Morgan fingerprint density at radius 1 is 1.30 bits per heavy atom. The van der Waals surface area contributed by atoms with Gasteiger partial charge in [-0.25, -0.2) is 4.98 Å². The number of nitrogens with zero attached hydrogens (tertiary/aromatic N) is 4. The van der Waals surface area contributed by atoms with Crippen molar-refractivity contribution in [2.24, 2.45) is 5.92 Å². The maximum Gasteiger partial charge on any atom is 0.225 e. The van der Waals surface area contributed by atoms with Crippen LogP contribution in [0.3, 0.4) is 0 Å². The number of nitrogens with one attached hydrogen (secondary N) is 1. The average molecular weight is 369 g/mol. The molecule has 7 heteroatoms. The van der Waals surface area contributed by atoms with Crippen molar-refractivity contribution in [1.29, 1.82) is 0 Å². The second-order valence-electron chi connectivity index (χ2n) is 7.27. The minimum Gasteiger partial charge on any atom is -0.352 e. The zero-order chi connectivity index (χ0) is 19.4. The molecule has 1 aliphatic heterocycles. The van der Waals surface area contributed by atoms with E-state index in [0.717, 1.165) is 23.6 Å². The average Bonchev–Trinajstić information content (AvgIpc) is 3.24. The number of likely N-dealkylation sites (tertiary alicyclic amines) is 1. The molecule has 2 amide bonds. The lowest BCUT2D eigenvalue weighted by molar-refractivity contribution is -0.129. The van der Waals surface area contributed by atoms with Crippen LogP contribution in [0.1, 0.15) is 17.8 Å². The number of aryl methyl sites for hydroxylation is 1. The van der Waals surface area contributed by atoms with Crippen molar-refractivity contribution in [3.63, 3.8) is 0 Å². The van der Waals surface area contributed by atoms with Gasteiger partial charge in [-0.15, -0.1) is 0 Å². The molecule has 1 atom stereocenters. The van der Waals surface area contributed by atoms with Crippen LogP contribution in [0.5, 0.6) is 0 Å². The molecule has 0 bridgehead atoms. The van der Waals surface area contributed by atoms with Gasteiger partial charge in [-0.1, -0.05) is 12.1 Å². The molecule has 2 aromatic rings. The number of likely N-dealkylation sites (N-methyl/N-ethyl adjacent to an activating group) is 1. The minimum absolute atomic E-state index is 0.0507. The van der Waals surface area contributed by atoms with E-state index < -0.39 is 0 Å². The fourth-order valence-electron chi connectivity index (χ4n) is 3.24. The van der Waals surface area contributed by atoms with Crippen molar-refractivity contribution < 1.29 is 9.59 Å². The number of carbonyl (C=O) groups excluding carboxylic acids is 2. The molecule has 1 saturated heterocycles. The van der Waals surface area contributed by atoms with Crippen molar-refractivity contribution in [3.8, 4) is 5.69 Å². The maximum atomic E-state index is 12.4. The third-order valence-electron chi connectivity index (χ3n) is 4.91. The molecule has 27 heavy (non-hydrogen) atoms. The fourth-order valence-corrected chi connectivity index (χ4v) is 3.24. The molecule has 0 radical (unpaired) electrons. The molecular formula is C20H27N5O2. The molecule has 7 nitrogen and oxygen atoms in total. The molecule has 1 aromatic heterocycles. The second-order valence-corrected chi connectivity index (χ2v) is 7.27. The van der Waals surface area contributed by atoms with E-state index in [4.69, 9.17) is 0 Å². The Hall–Kier alpha value is -2.67. The Balaban J connectivity index is 1.51. The summed E-state index contributed by atoms with van der Waals surface area (Å²) in [5.41, 5.74) is 2.07. The number of aromatic nitrogens is 2. The van der Waals surface area contributed by atoms with Gasteiger partial charge in [0.1, 0.15) is 5.82 Å². The Labute approximate surface area is 160 Å². The fraction of sp³-hybridized carbons (Fsp3) is 0.450. The first-order chi connectivity index (χ1) is 12.9. The standard InChI is InChI=1S/C20H27N5O2/c1-15-21-8-9-25(15)18-6-4-16(5-7-18)13-22-20(27)17-12-19(26)24(14-17)11-10-23(2)3/h4-9,17H,10-14H2,1-3H3,(H,22,27)/t17-/m1/s1.